The number of benzene rings is 2. The molecule has 2 aliphatic rings. The molecule has 178 valence electrons. The summed E-state index contributed by atoms with van der Waals surface area (Å²) in [6, 6.07) is 10.5. The topological polar surface area (TPSA) is 57.7 Å². The third kappa shape index (κ3) is 5.76. The highest BCUT2D eigenvalue weighted by Gasteiger charge is 2.30. The van der Waals surface area contributed by atoms with E-state index in [1.54, 1.807) is 23.1 Å². The van der Waals surface area contributed by atoms with Crippen LogP contribution in [0.5, 0.6) is 0 Å². The van der Waals surface area contributed by atoms with Gasteiger partial charge in [0.2, 0.25) is 5.91 Å². The van der Waals surface area contributed by atoms with E-state index in [1.165, 1.54) is 11.6 Å². The highest BCUT2D eigenvalue weighted by atomic mass is 32.2. The number of carbonyl (C=O) groups excluding carboxylic acids is 1. The van der Waals surface area contributed by atoms with Gasteiger partial charge < -0.3 is 4.90 Å². The van der Waals surface area contributed by atoms with Crippen molar-refractivity contribution >= 4 is 15.7 Å². The van der Waals surface area contributed by atoms with Crippen LogP contribution in [-0.2, 0) is 40.2 Å². The molecule has 1 heterocycles. The van der Waals surface area contributed by atoms with Crippen molar-refractivity contribution in [1.29, 1.82) is 0 Å². The first-order chi connectivity index (χ1) is 15.6. The molecule has 5 nitrogen and oxygen atoms in total. The van der Waals surface area contributed by atoms with Crippen molar-refractivity contribution in [2.75, 3.05) is 31.9 Å². The van der Waals surface area contributed by atoms with E-state index < -0.39 is 21.6 Å². The van der Waals surface area contributed by atoms with E-state index in [4.69, 9.17) is 0 Å². The number of hydrogen-bond donors (Lipinski definition) is 0. The number of rotatable bonds is 6. The number of alkyl halides is 3. The van der Waals surface area contributed by atoms with Crippen molar-refractivity contribution in [2.45, 2.75) is 43.3 Å². The Bertz CT molecular complexity index is 1120. The summed E-state index contributed by atoms with van der Waals surface area (Å²) in [6.07, 6.45) is -1.54. The van der Waals surface area contributed by atoms with Gasteiger partial charge in [0.05, 0.1) is 16.2 Å². The minimum absolute atomic E-state index is 0.0763. The van der Waals surface area contributed by atoms with E-state index in [9.17, 15) is 26.4 Å². The van der Waals surface area contributed by atoms with Gasteiger partial charge in [-0.05, 0) is 54.2 Å². The Hall–Kier alpha value is -2.39. The number of piperazine rings is 1. The molecule has 33 heavy (non-hydrogen) atoms. The van der Waals surface area contributed by atoms with Crippen LogP contribution in [0.2, 0.25) is 0 Å². The average Bonchev–Trinajstić information content (AvgIpc) is 3.26. The molecule has 2 aromatic carbocycles. The minimum Gasteiger partial charge on any atom is -0.340 e. The van der Waals surface area contributed by atoms with E-state index >= 15 is 0 Å². The summed E-state index contributed by atoms with van der Waals surface area (Å²) >= 11 is 0. The van der Waals surface area contributed by atoms with Crippen molar-refractivity contribution in [3.63, 3.8) is 0 Å². The molecule has 0 N–H and O–H groups in total. The first-order valence-electron chi connectivity index (χ1n) is 11.1. The van der Waals surface area contributed by atoms with Crippen molar-refractivity contribution < 1.29 is 26.4 Å². The molecule has 0 saturated carbocycles. The molecule has 0 radical (unpaired) electrons. The van der Waals surface area contributed by atoms with E-state index in [0.717, 1.165) is 37.0 Å². The molecule has 0 spiro atoms. The highest BCUT2D eigenvalue weighted by molar-refractivity contribution is 7.91. The third-order valence-corrected chi connectivity index (χ3v) is 8.11. The monoisotopic (exact) mass is 480 g/mol. The van der Waals surface area contributed by atoms with E-state index in [0.29, 0.717) is 38.3 Å². The van der Waals surface area contributed by atoms with Crippen LogP contribution in [0.15, 0.2) is 47.4 Å². The van der Waals surface area contributed by atoms with Crippen LogP contribution in [-0.4, -0.2) is 56.1 Å². The van der Waals surface area contributed by atoms with Gasteiger partial charge in [-0.2, -0.15) is 13.2 Å². The van der Waals surface area contributed by atoms with E-state index in [2.05, 4.69) is 0 Å². The zero-order valence-corrected chi connectivity index (χ0v) is 19.1. The number of carbonyl (C=O) groups is 1. The van der Waals surface area contributed by atoms with Gasteiger partial charge >= 0.3 is 6.18 Å². The Morgan fingerprint density at radius 3 is 2.39 bits per heavy atom. The van der Waals surface area contributed by atoms with Crippen LogP contribution >= 0.6 is 0 Å². The quantitative estimate of drug-likeness (QED) is 0.633. The van der Waals surface area contributed by atoms with Gasteiger partial charge in [-0.3, -0.25) is 9.69 Å². The summed E-state index contributed by atoms with van der Waals surface area (Å²) in [5.74, 6) is -0.437. The largest absolute Gasteiger partial charge is 0.416 e. The summed E-state index contributed by atoms with van der Waals surface area (Å²) in [5, 5.41) is 0. The second-order valence-corrected chi connectivity index (χ2v) is 10.8. The molecule has 0 aromatic heterocycles. The van der Waals surface area contributed by atoms with Crippen molar-refractivity contribution in [3.8, 4) is 0 Å². The van der Waals surface area contributed by atoms with Crippen LogP contribution in [0.1, 0.15) is 35.1 Å². The summed E-state index contributed by atoms with van der Waals surface area (Å²) < 4.78 is 64.2. The van der Waals surface area contributed by atoms with Gasteiger partial charge in [0.1, 0.15) is 0 Å². The lowest BCUT2D eigenvalue weighted by molar-refractivity contribution is -0.137. The van der Waals surface area contributed by atoms with Crippen LogP contribution in [0.25, 0.3) is 0 Å². The van der Waals surface area contributed by atoms with Crippen molar-refractivity contribution in [3.05, 3.63) is 64.7 Å². The Morgan fingerprint density at radius 1 is 0.939 bits per heavy atom. The Morgan fingerprint density at radius 2 is 1.67 bits per heavy atom. The van der Waals surface area contributed by atoms with Crippen LogP contribution in [0.3, 0.4) is 0 Å². The molecular weight excluding hydrogens is 453 g/mol. The maximum Gasteiger partial charge on any atom is 0.416 e. The minimum atomic E-state index is -4.37. The van der Waals surface area contributed by atoms with Crippen molar-refractivity contribution in [1.82, 2.24) is 9.80 Å². The average molecular weight is 481 g/mol. The smallest absolute Gasteiger partial charge is 0.340 e. The molecule has 0 bridgehead atoms. The number of fused-ring (bicyclic) bond motifs is 1. The normalized spacial score (nSPS) is 17.2. The summed E-state index contributed by atoms with van der Waals surface area (Å²) in [7, 11) is -3.53. The second kappa shape index (κ2) is 9.46. The lowest BCUT2D eigenvalue weighted by Crippen LogP contribution is -2.48. The van der Waals surface area contributed by atoms with Gasteiger partial charge in [0.25, 0.3) is 0 Å². The lowest BCUT2D eigenvalue weighted by atomic mass is 10.1. The molecule has 4 rings (SSSR count). The fraction of sp³-hybridized carbons (Fsp3) is 0.458. The highest BCUT2D eigenvalue weighted by Crippen LogP contribution is 2.30. The van der Waals surface area contributed by atoms with Gasteiger partial charge in [-0.1, -0.05) is 24.3 Å². The van der Waals surface area contributed by atoms with E-state index in [1.807, 2.05) is 11.0 Å². The zero-order valence-electron chi connectivity index (χ0n) is 18.3. The molecule has 1 amide bonds. The molecule has 1 aliphatic carbocycles. The predicted octanol–water partition coefficient (Wildman–Crippen LogP) is 3.70. The maximum atomic E-state index is 12.9. The fourth-order valence-corrected chi connectivity index (χ4v) is 5.78. The number of aryl methyl sites for hydroxylation is 2. The number of sulfone groups is 1. The molecule has 1 aliphatic heterocycles. The third-order valence-electron chi connectivity index (χ3n) is 6.40. The Labute approximate surface area is 192 Å². The molecule has 1 fully saturated rings. The first-order valence-corrected chi connectivity index (χ1v) is 12.8. The SMILES string of the molecule is O=C(CCS(=O)(=O)c1ccc2c(c1)CCC2)N1CCN(Cc2cccc(C(F)(F)F)c2)CC1. The fourth-order valence-electron chi connectivity index (χ4n) is 4.50. The summed E-state index contributed by atoms with van der Waals surface area (Å²) in [5.41, 5.74) is 2.19. The molecule has 0 unspecified atom stereocenters. The van der Waals surface area contributed by atoms with Gasteiger partial charge in [0.15, 0.2) is 9.84 Å². The van der Waals surface area contributed by atoms with Gasteiger partial charge in [0, 0.05) is 39.1 Å². The number of amides is 1. The first kappa shape index (κ1) is 23.8. The van der Waals surface area contributed by atoms with Crippen LogP contribution in [0.4, 0.5) is 13.2 Å². The Balaban J connectivity index is 1.27. The number of halogens is 3. The molecule has 9 heteroatoms. The summed E-state index contributed by atoms with van der Waals surface area (Å²) in [6.45, 7) is 2.28. The number of nitrogens with zero attached hydrogens (tertiary/aromatic N) is 2. The molecular formula is C24H27F3N2O3S. The van der Waals surface area contributed by atoms with Gasteiger partial charge in [-0.15, -0.1) is 0 Å². The van der Waals surface area contributed by atoms with Crippen LogP contribution < -0.4 is 0 Å². The zero-order chi connectivity index (χ0) is 23.6. The van der Waals surface area contributed by atoms with Gasteiger partial charge in [-0.25, -0.2) is 8.42 Å². The molecule has 2 aromatic rings. The lowest BCUT2D eigenvalue weighted by Gasteiger charge is -2.35. The Kier molecular flexibility index (Phi) is 6.81. The van der Waals surface area contributed by atoms with Crippen LogP contribution in [0, 0.1) is 0 Å². The predicted molar refractivity (Wildman–Crippen MR) is 118 cm³/mol. The van der Waals surface area contributed by atoms with Crippen molar-refractivity contribution in [2.24, 2.45) is 0 Å². The van der Waals surface area contributed by atoms with E-state index in [-0.39, 0.29) is 23.0 Å². The standard InChI is InChI=1S/C24H27F3N2O3S/c25-24(26,27)21-6-1-3-18(15-21)17-28-10-12-29(13-11-28)23(30)9-14-33(31,32)22-8-7-19-4-2-5-20(19)16-22/h1,3,6-8,15-16H,2,4-5,9-14,17H2. The summed E-state index contributed by atoms with van der Waals surface area (Å²) in [4.78, 5) is 16.5. The maximum absolute atomic E-state index is 12.9. The molecule has 1 saturated heterocycles. The second-order valence-electron chi connectivity index (χ2n) is 8.71. The molecule has 0 atom stereocenters. The number of hydrogen-bond acceptors (Lipinski definition) is 4.